The number of nitrogens with two attached hydrogens (primary N) is 1. The molecule has 0 aliphatic heterocycles. The molecule has 1 fully saturated rings. The molecule has 3 rings (SSSR count). The van der Waals surface area contributed by atoms with Gasteiger partial charge >= 0.3 is 0 Å². The van der Waals surface area contributed by atoms with E-state index < -0.39 is 0 Å². The molecule has 1 aliphatic carbocycles. The number of pyridine rings is 1. The topological polar surface area (TPSA) is 48.1 Å². The molecule has 0 spiro atoms. The summed E-state index contributed by atoms with van der Waals surface area (Å²) >= 11 is 0. The fourth-order valence-corrected chi connectivity index (χ4v) is 3.20. The Bertz CT molecular complexity index is 597. The minimum atomic E-state index is 0.326. The van der Waals surface area contributed by atoms with E-state index in [2.05, 4.69) is 29.2 Å². The number of aryl methyl sites for hydroxylation is 1. The van der Waals surface area contributed by atoms with Crippen molar-refractivity contribution in [3.05, 3.63) is 41.6 Å². The highest BCUT2D eigenvalue weighted by atomic mass is 16.5. The summed E-state index contributed by atoms with van der Waals surface area (Å²) in [4.78, 5) is 4.57. The zero-order valence-corrected chi connectivity index (χ0v) is 12.0. The predicted octanol–water partition coefficient (Wildman–Crippen LogP) is 3.19. The molecule has 2 atom stereocenters. The maximum absolute atomic E-state index is 6.15. The fourth-order valence-electron chi connectivity index (χ4n) is 3.20. The zero-order valence-electron chi connectivity index (χ0n) is 12.0. The van der Waals surface area contributed by atoms with Crippen LogP contribution >= 0.6 is 0 Å². The van der Waals surface area contributed by atoms with Crippen LogP contribution in [-0.4, -0.2) is 17.6 Å². The lowest BCUT2D eigenvalue weighted by Gasteiger charge is -2.19. The van der Waals surface area contributed by atoms with Gasteiger partial charge in [-0.25, -0.2) is 0 Å². The molecule has 1 aromatic carbocycles. The standard InChI is InChI=1S/C17H22N2O/c1-12-9-14(15-6-2-3-7-16(15)19-12)11-20-17-8-4-5-13(17)10-18/h2-3,6-7,9,13,17H,4-5,8,10-11,18H2,1H3. The van der Waals surface area contributed by atoms with E-state index in [0.29, 0.717) is 18.6 Å². The van der Waals surface area contributed by atoms with Gasteiger partial charge in [0.15, 0.2) is 0 Å². The smallest absolute Gasteiger partial charge is 0.0728 e. The molecule has 106 valence electrons. The summed E-state index contributed by atoms with van der Waals surface area (Å²) < 4.78 is 6.15. The number of ether oxygens (including phenoxy) is 1. The van der Waals surface area contributed by atoms with Gasteiger partial charge in [-0.15, -0.1) is 0 Å². The molecule has 0 amide bonds. The zero-order chi connectivity index (χ0) is 13.9. The van der Waals surface area contributed by atoms with E-state index in [1.807, 2.05) is 13.0 Å². The van der Waals surface area contributed by atoms with Gasteiger partial charge in [-0.1, -0.05) is 24.6 Å². The molecule has 1 saturated carbocycles. The molecule has 2 unspecified atom stereocenters. The van der Waals surface area contributed by atoms with Crippen molar-refractivity contribution < 1.29 is 4.74 Å². The Morgan fingerprint density at radius 3 is 3.00 bits per heavy atom. The third-order valence-electron chi connectivity index (χ3n) is 4.27. The molecule has 1 aromatic heterocycles. The number of para-hydroxylation sites is 1. The quantitative estimate of drug-likeness (QED) is 0.928. The first-order chi connectivity index (χ1) is 9.78. The van der Waals surface area contributed by atoms with Crippen LogP contribution in [-0.2, 0) is 11.3 Å². The van der Waals surface area contributed by atoms with E-state index >= 15 is 0 Å². The summed E-state index contributed by atoms with van der Waals surface area (Å²) in [5.41, 5.74) is 9.14. The third-order valence-corrected chi connectivity index (χ3v) is 4.27. The predicted molar refractivity (Wildman–Crippen MR) is 81.5 cm³/mol. The van der Waals surface area contributed by atoms with Crippen molar-refractivity contribution in [2.45, 2.75) is 38.9 Å². The lowest BCUT2D eigenvalue weighted by atomic mass is 10.1. The first-order valence-corrected chi connectivity index (χ1v) is 7.45. The minimum absolute atomic E-state index is 0.326. The summed E-state index contributed by atoms with van der Waals surface area (Å²) in [6, 6.07) is 10.4. The molecular formula is C17H22N2O. The van der Waals surface area contributed by atoms with E-state index in [0.717, 1.165) is 24.2 Å². The third kappa shape index (κ3) is 2.69. The van der Waals surface area contributed by atoms with Crippen molar-refractivity contribution >= 4 is 10.9 Å². The van der Waals surface area contributed by atoms with Gasteiger partial charge in [0, 0.05) is 11.1 Å². The highest BCUT2D eigenvalue weighted by molar-refractivity contribution is 5.82. The molecule has 0 bridgehead atoms. The van der Waals surface area contributed by atoms with Gasteiger partial charge in [0.05, 0.1) is 18.2 Å². The van der Waals surface area contributed by atoms with Gasteiger partial charge in [-0.05, 0) is 49.9 Å². The largest absolute Gasteiger partial charge is 0.373 e. The maximum Gasteiger partial charge on any atom is 0.0728 e. The normalized spacial score (nSPS) is 22.5. The Labute approximate surface area is 120 Å². The number of hydrogen-bond donors (Lipinski definition) is 1. The molecule has 3 nitrogen and oxygen atoms in total. The maximum atomic E-state index is 6.15. The summed E-state index contributed by atoms with van der Waals surface area (Å²) in [5.74, 6) is 0.532. The van der Waals surface area contributed by atoms with Crippen LogP contribution in [0.25, 0.3) is 10.9 Å². The highest BCUT2D eigenvalue weighted by Gasteiger charge is 2.26. The van der Waals surface area contributed by atoms with E-state index in [1.54, 1.807) is 0 Å². The van der Waals surface area contributed by atoms with Gasteiger partial charge in [-0.3, -0.25) is 4.98 Å². The average molecular weight is 270 g/mol. The summed E-state index contributed by atoms with van der Waals surface area (Å²) in [6.07, 6.45) is 3.91. The van der Waals surface area contributed by atoms with Crippen LogP contribution in [0, 0.1) is 12.8 Å². The van der Waals surface area contributed by atoms with E-state index in [1.165, 1.54) is 23.8 Å². The van der Waals surface area contributed by atoms with Crippen molar-refractivity contribution in [3.8, 4) is 0 Å². The van der Waals surface area contributed by atoms with E-state index in [-0.39, 0.29) is 0 Å². The van der Waals surface area contributed by atoms with Crippen LogP contribution in [0.3, 0.4) is 0 Å². The Balaban J connectivity index is 1.80. The molecular weight excluding hydrogens is 248 g/mol. The second-order valence-electron chi connectivity index (χ2n) is 5.72. The number of hydrogen-bond acceptors (Lipinski definition) is 3. The van der Waals surface area contributed by atoms with Crippen molar-refractivity contribution in [3.63, 3.8) is 0 Å². The Morgan fingerprint density at radius 2 is 2.15 bits per heavy atom. The van der Waals surface area contributed by atoms with Crippen LogP contribution in [0.5, 0.6) is 0 Å². The van der Waals surface area contributed by atoms with Gasteiger partial charge in [0.25, 0.3) is 0 Å². The number of fused-ring (bicyclic) bond motifs is 1. The average Bonchev–Trinajstić information content (AvgIpc) is 2.92. The number of benzene rings is 1. The number of rotatable bonds is 4. The summed E-state index contributed by atoms with van der Waals surface area (Å²) in [6.45, 7) is 3.43. The Kier molecular flexibility index (Phi) is 3.99. The van der Waals surface area contributed by atoms with Crippen molar-refractivity contribution in [2.75, 3.05) is 6.54 Å². The summed E-state index contributed by atoms with van der Waals surface area (Å²) in [5, 5.41) is 1.19. The van der Waals surface area contributed by atoms with Crippen LogP contribution in [0.15, 0.2) is 30.3 Å². The molecule has 1 heterocycles. The van der Waals surface area contributed by atoms with Crippen molar-refractivity contribution in [2.24, 2.45) is 11.7 Å². The van der Waals surface area contributed by atoms with Crippen molar-refractivity contribution in [1.29, 1.82) is 0 Å². The van der Waals surface area contributed by atoms with Crippen LogP contribution < -0.4 is 5.73 Å². The highest BCUT2D eigenvalue weighted by Crippen LogP contribution is 2.29. The minimum Gasteiger partial charge on any atom is -0.373 e. The molecule has 1 aliphatic rings. The molecule has 20 heavy (non-hydrogen) atoms. The van der Waals surface area contributed by atoms with Gasteiger partial charge in [-0.2, -0.15) is 0 Å². The Hall–Kier alpha value is -1.45. The van der Waals surface area contributed by atoms with Gasteiger partial charge in [0.1, 0.15) is 0 Å². The lowest BCUT2D eigenvalue weighted by molar-refractivity contribution is 0.0188. The fraction of sp³-hybridized carbons (Fsp3) is 0.471. The summed E-state index contributed by atoms with van der Waals surface area (Å²) in [7, 11) is 0. The van der Waals surface area contributed by atoms with Crippen LogP contribution in [0.4, 0.5) is 0 Å². The first-order valence-electron chi connectivity index (χ1n) is 7.45. The number of nitrogens with zero attached hydrogens (tertiary/aromatic N) is 1. The molecule has 0 saturated heterocycles. The molecule has 2 N–H and O–H groups in total. The first kappa shape index (κ1) is 13.5. The molecule has 0 radical (unpaired) electrons. The second-order valence-corrected chi connectivity index (χ2v) is 5.72. The lowest BCUT2D eigenvalue weighted by Crippen LogP contribution is -2.25. The second kappa shape index (κ2) is 5.90. The van der Waals surface area contributed by atoms with Crippen molar-refractivity contribution in [1.82, 2.24) is 4.98 Å². The monoisotopic (exact) mass is 270 g/mol. The Morgan fingerprint density at radius 1 is 1.30 bits per heavy atom. The van der Waals surface area contributed by atoms with Crippen LogP contribution in [0.1, 0.15) is 30.5 Å². The van der Waals surface area contributed by atoms with Gasteiger partial charge < -0.3 is 10.5 Å². The van der Waals surface area contributed by atoms with Gasteiger partial charge in [0.2, 0.25) is 0 Å². The number of aromatic nitrogens is 1. The SMILES string of the molecule is Cc1cc(COC2CCCC2CN)c2ccccc2n1. The molecule has 3 heteroatoms. The van der Waals surface area contributed by atoms with E-state index in [9.17, 15) is 0 Å². The van der Waals surface area contributed by atoms with Crippen LogP contribution in [0.2, 0.25) is 0 Å². The van der Waals surface area contributed by atoms with E-state index in [4.69, 9.17) is 10.5 Å². The molecule has 2 aromatic rings.